The highest BCUT2D eigenvalue weighted by Crippen LogP contribution is 2.42. The molecule has 2 N–H and O–H groups in total. The number of carbonyl (C=O) groups excluding carboxylic acids is 1. The van der Waals surface area contributed by atoms with Gasteiger partial charge < -0.3 is 15.0 Å². The maximum absolute atomic E-state index is 12.3. The van der Waals surface area contributed by atoms with E-state index in [4.69, 9.17) is 4.74 Å². The minimum absolute atomic E-state index is 0.0108. The zero-order chi connectivity index (χ0) is 19.7. The Hall–Kier alpha value is -3.12. The van der Waals surface area contributed by atoms with Crippen LogP contribution in [0.15, 0.2) is 48.5 Å². The van der Waals surface area contributed by atoms with E-state index in [9.17, 15) is 4.79 Å². The number of fused-ring (bicyclic) bond motifs is 1. The summed E-state index contributed by atoms with van der Waals surface area (Å²) in [6.07, 6.45) is 0.404. The average molecular weight is 376 g/mol. The SMILES string of the molecule is COc1ccc(-c2[nH]nc3c2C(c2cccc(CN(C)C)c2)CC(=O)N3)cc1. The topological polar surface area (TPSA) is 70.2 Å². The Balaban J connectivity index is 1.77. The predicted octanol–water partition coefficient (Wildman–Crippen LogP) is 3.62. The van der Waals surface area contributed by atoms with Crippen LogP contribution in [0.2, 0.25) is 0 Å². The number of anilines is 1. The lowest BCUT2D eigenvalue weighted by Crippen LogP contribution is -2.23. The molecule has 0 saturated heterocycles. The number of ether oxygens (including phenoxy) is 1. The number of amides is 1. The predicted molar refractivity (Wildman–Crippen MR) is 109 cm³/mol. The number of aromatic nitrogens is 2. The number of nitrogens with zero attached hydrogens (tertiary/aromatic N) is 2. The van der Waals surface area contributed by atoms with Gasteiger partial charge in [-0.15, -0.1) is 0 Å². The Bertz CT molecular complexity index is 992. The summed E-state index contributed by atoms with van der Waals surface area (Å²) in [5, 5.41) is 10.4. The quantitative estimate of drug-likeness (QED) is 0.714. The summed E-state index contributed by atoms with van der Waals surface area (Å²) in [5.74, 6) is 1.37. The largest absolute Gasteiger partial charge is 0.497 e. The third-order valence-corrected chi connectivity index (χ3v) is 5.03. The van der Waals surface area contributed by atoms with Crippen LogP contribution in [0.1, 0.15) is 29.0 Å². The summed E-state index contributed by atoms with van der Waals surface area (Å²) in [6.45, 7) is 0.857. The van der Waals surface area contributed by atoms with Gasteiger partial charge in [0.2, 0.25) is 5.91 Å². The number of aromatic amines is 1. The zero-order valence-electron chi connectivity index (χ0n) is 16.3. The van der Waals surface area contributed by atoms with Gasteiger partial charge in [0.25, 0.3) is 0 Å². The molecule has 2 heterocycles. The normalized spacial score (nSPS) is 16.0. The van der Waals surface area contributed by atoms with Crippen LogP contribution in [0.3, 0.4) is 0 Å². The van der Waals surface area contributed by atoms with E-state index in [2.05, 4.69) is 58.8 Å². The van der Waals surface area contributed by atoms with Gasteiger partial charge in [0.05, 0.1) is 12.8 Å². The average Bonchev–Trinajstić information content (AvgIpc) is 3.11. The van der Waals surface area contributed by atoms with Crippen LogP contribution in [0.4, 0.5) is 5.82 Å². The maximum Gasteiger partial charge on any atom is 0.226 e. The van der Waals surface area contributed by atoms with Gasteiger partial charge in [-0.1, -0.05) is 24.3 Å². The molecular formula is C22H24N4O2. The monoisotopic (exact) mass is 376 g/mol. The van der Waals surface area contributed by atoms with Crippen LogP contribution in [-0.2, 0) is 11.3 Å². The highest BCUT2D eigenvalue weighted by atomic mass is 16.5. The molecule has 0 saturated carbocycles. The first-order chi connectivity index (χ1) is 13.5. The van der Waals surface area contributed by atoms with Gasteiger partial charge in [-0.2, -0.15) is 5.10 Å². The number of H-pyrrole nitrogens is 1. The van der Waals surface area contributed by atoms with Gasteiger partial charge in [0.15, 0.2) is 5.82 Å². The summed E-state index contributed by atoms with van der Waals surface area (Å²) in [7, 11) is 5.76. The van der Waals surface area contributed by atoms with Crippen molar-refractivity contribution in [3.8, 4) is 17.0 Å². The Morgan fingerprint density at radius 1 is 1.18 bits per heavy atom. The van der Waals surface area contributed by atoms with Gasteiger partial charge in [-0.05, 0) is 49.5 Å². The lowest BCUT2D eigenvalue weighted by atomic mass is 9.84. The standard InChI is InChI=1S/C22H24N4O2/c1-26(2)13-14-5-4-6-16(11-14)18-12-19(27)23-22-20(18)21(24-25-22)15-7-9-17(28-3)10-8-15/h4-11,18H,12-13H2,1-3H3,(H2,23,24,25,27). The van der Waals surface area contributed by atoms with E-state index in [1.54, 1.807) is 7.11 Å². The van der Waals surface area contributed by atoms with Crippen molar-refractivity contribution in [1.29, 1.82) is 0 Å². The molecule has 144 valence electrons. The van der Waals surface area contributed by atoms with E-state index < -0.39 is 0 Å². The third kappa shape index (κ3) is 3.51. The van der Waals surface area contributed by atoms with E-state index in [1.807, 2.05) is 24.3 Å². The molecule has 6 nitrogen and oxygen atoms in total. The van der Waals surface area contributed by atoms with Gasteiger partial charge >= 0.3 is 0 Å². The minimum Gasteiger partial charge on any atom is -0.497 e. The second kappa shape index (κ2) is 7.48. The second-order valence-electron chi connectivity index (χ2n) is 7.38. The van der Waals surface area contributed by atoms with Gasteiger partial charge in [-0.25, -0.2) is 0 Å². The number of rotatable bonds is 5. The van der Waals surface area contributed by atoms with Crippen molar-refractivity contribution in [3.63, 3.8) is 0 Å². The first kappa shape index (κ1) is 18.3. The summed E-state index contributed by atoms with van der Waals surface area (Å²) in [4.78, 5) is 14.4. The number of carbonyl (C=O) groups is 1. The van der Waals surface area contributed by atoms with E-state index in [0.29, 0.717) is 12.2 Å². The van der Waals surface area contributed by atoms with Crippen LogP contribution < -0.4 is 10.1 Å². The van der Waals surface area contributed by atoms with Crippen molar-refractivity contribution in [2.24, 2.45) is 0 Å². The molecule has 0 bridgehead atoms. The molecule has 2 aromatic carbocycles. The molecule has 1 amide bonds. The Morgan fingerprint density at radius 3 is 2.68 bits per heavy atom. The number of hydrogen-bond donors (Lipinski definition) is 2. The molecule has 1 unspecified atom stereocenters. The molecule has 1 aliphatic rings. The van der Waals surface area contributed by atoms with Crippen molar-refractivity contribution in [2.75, 3.05) is 26.5 Å². The summed E-state index contributed by atoms with van der Waals surface area (Å²) in [5.41, 5.74) is 5.34. The summed E-state index contributed by atoms with van der Waals surface area (Å²) < 4.78 is 5.26. The molecule has 4 rings (SSSR count). The van der Waals surface area contributed by atoms with Gasteiger partial charge in [0, 0.05) is 30.0 Å². The van der Waals surface area contributed by atoms with E-state index >= 15 is 0 Å². The van der Waals surface area contributed by atoms with E-state index in [-0.39, 0.29) is 11.8 Å². The maximum atomic E-state index is 12.3. The molecule has 1 aromatic heterocycles. The fraction of sp³-hybridized carbons (Fsp3) is 0.273. The van der Waals surface area contributed by atoms with Crippen LogP contribution >= 0.6 is 0 Å². The molecule has 3 aromatic rings. The molecule has 28 heavy (non-hydrogen) atoms. The number of benzene rings is 2. The van der Waals surface area contributed by atoms with Crippen LogP contribution in [0, 0.1) is 0 Å². The van der Waals surface area contributed by atoms with Crippen molar-refractivity contribution in [3.05, 3.63) is 65.2 Å². The van der Waals surface area contributed by atoms with Crippen LogP contribution in [0.25, 0.3) is 11.3 Å². The Kier molecular flexibility index (Phi) is 4.88. The van der Waals surface area contributed by atoms with Crippen LogP contribution in [0.5, 0.6) is 5.75 Å². The van der Waals surface area contributed by atoms with Crippen molar-refractivity contribution in [2.45, 2.75) is 18.9 Å². The number of methoxy groups -OCH3 is 1. The minimum atomic E-state index is -0.0401. The highest BCUT2D eigenvalue weighted by molar-refractivity contribution is 5.96. The Labute approximate surface area is 164 Å². The molecule has 6 heteroatoms. The first-order valence-electron chi connectivity index (χ1n) is 9.31. The molecule has 0 aliphatic carbocycles. The van der Waals surface area contributed by atoms with Crippen molar-refractivity contribution in [1.82, 2.24) is 15.1 Å². The first-order valence-corrected chi connectivity index (χ1v) is 9.31. The van der Waals surface area contributed by atoms with E-state index in [1.165, 1.54) is 5.56 Å². The third-order valence-electron chi connectivity index (χ3n) is 5.03. The van der Waals surface area contributed by atoms with Gasteiger partial charge in [-0.3, -0.25) is 9.89 Å². The lowest BCUT2D eigenvalue weighted by Gasteiger charge is -2.24. The number of nitrogens with one attached hydrogen (secondary N) is 2. The molecule has 0 radical (unpaired) electrons. The fourth-order valence-electron chi connectivity index (χ4n) is 3.79. The fourth-order valence-corrected chi connectivity index (χ4v) is 3.79. The summed E-state index contributed by atoms with van der Waals surface area (Å²) in [6, 6.07) is 16.3. The molecule has 0 spiro atoms. The van der Waals surface area contributed by atoms with Crippen LogP contribution in [-0.4, -0.2) is 42.2 Å². The molecular weight excluding hydrogens is 352 g/mol. The van der Waals surface area contributed by atoms with Crippen molar-refractivity contribution < 1.29 is 9.53 Å². The van der Waals surface area contributed by atoms with Crippen molar-refractivity contribution >= 4 is 11.7 Å². The molecule has 1 atom stereocenters. The smallest absolute Gasteiger partial charge is 0.226 e. The number of hydrogen-bond acceptors (Lipinski definition) is 4. The second-order valence-corrected chi connectivity index (χ2v) is 7.38. The molecule has 1 aliphatic heterocycles. The lowest BCUT2D eigenvalue weighted by molar-refractivity contribution is -0.116. The highest BCUT2D eigenvalue weighted by Gasteiger charge is 2.32. The molecule has 0 fully saturated rings. The Morgan fingerprint density at radius 2 is 1.96 bits per heavy atom. The summed E-state index contributed by atoms with van der Waals surface area (Å²) >= 11 is 0. The van der Waals surface area contributed by atoms with Gasteiger partial charge in [0.1, 0.15) is 5.75 Å². The zero-order valence-corrected chi connectivity index (χ0v) is 16.3. The van der Waals surface area contributed by atoms with E-state index in [0.717, 1.165) is 34.7 Å².